The predicted octanol–water partition coefficient (Wildman–Crippen LogP) is 1.31. The van der Waals surface area contributed by atoms with Crippen LogP contribution >= 0.6 is 11.8 Å². The van der Waals surface area contributed by atoms with Crippen molar-refractivity contribution in [3.63, 3.8) is 0 Å². The second-order valence-electron chi connectivity index (χ2n) is 7.36. The molecule has 4 rings (SSSR count). The number of amides is 2. The summed E-state index contributed by atoms with van der Waals surface area (Å²) < 4.78 is -0.241. The number of H-pyrrole nitrogens is 1. The molecule has 134 valence electrons. The molecule has 3 aliphatic rings. The molecule has 0 aromatic carbocycles. The second-order valence-corrected chi connectivity index (χ2v) is 9.13. The summed E-state index contributed by atoms with van der Waals surface area (Å²) in [6.45, 7) is 4.13. The number of hydrogen-bond donors (Lipinski definition) is 2. The highest BCUT2D eigenvalue weighted by molar-refractivity contribution is 8.01. The van der Waals surface area contributed by atoms with E-state index >= 15 is 0 Å². The van der Waals surface area contributed by atoms with E-state index in [4.69, 9.17) is 0 Å². The summed E-state index contributed by atoms with van der Waals surface area (Å²) in [4.78, 5) is 26.8. The summed E-state index contributed by atoms with van der Waals surface area (Å²) in [5.74, 6) is 0.391. The zero-order valence-corrected chi connectivity index (χ0v) is 15.2. The van der Waals surface area contributed by atoms with Crippen LogP contribution in [0.3, 0.4) is 0 Å². The largest absolute Gasteiger partial charge is 0.341 e. The average Bonchev–Trinajstić information content (AvgIpc) is 3.18. The van der Waals surface area contributed by atoms with Crippen molar-refractivity contribution in [2.75, 3.05) is 0 Å². The Morgan fingerprint density at radius 3 is 3.00 bits per heavy atom. The third-order valence-corrected chi connectivity index (χ3v) is 6.71. The molecule has 0 bridgehead atoms. The van der Waals surface area contributed by atoms with Crippen LogP contribution in [0.25, 0.3) is 0 Å². The zero-order chi connectivity index (χ0) is 17.6. The molecule has 3 heterocycles. The van der Waals surface area contributed by atoms with Gasteiger partial charge in [0.05, 0.1) is 0 Å². The summed E-state index contributed by atoms with van der Waals surface area (Å²) >= 11 is 1.68. The molecule has 0 spiro atoms. The maximum atomic E-state index is 12.7. The van der Waals surface area contributed by atoms with Crippen molar-refractivity contribution in [1.29, 1.82) is 0 Å². The average molecular weight is 362 g/mol. The molecular weight excluding hydrogens is 340 g/mol. The third-order valence-electron chi connectivity index (χ3n) is 5.14. The van der Waals surface area contributed by atoms with Gasteiger partial charge in [-0.25, -0.2) is 0 Å². The van der Waals surface area contributed by atoms with Gasteiger partial charge in [-0.15, -0.1) is 22.0 Å². The van der Waals surface area contributed by atoms with E-state index in [-0.39, 0.29) is 28.0 Å². The van der Waals surface area contributed by atoms with Crippen molar-refractivity contribution in [2.24, 2.45) is 0 Å². The fourth-order valence-corrected chi connectivity index (χ4v) is 5.58. The number of aromatic amines is 1. The van der Waals surface area contributed by atoms with E-state index in [1.807, 2.05) is 0 Å². The first kappa shape index (κ1) is 16.6. The van der Waals surface area contributed by atoms with Gasteiger partial charge in [0, 0.05) is 11.2 Å². The van der Waals surface area contributed by atoms with Gasteiger partial charge in [0.15, 0.2) is 5.82 Å². The number of nitrogens with zero attached hydrogens (tertiary/aromatic N) is 4. The number of thioether (sulfide) groups is 1. The Kier molecular flexibility index (Phi) is 4.05. The minimum Gasteiger partial charge on any atom is -0.341 e. The van der Waals surface area contributed by atoms with Gasteiger partial charge in [-0.3, -0.25) is 9.59 Å². The lowest BCUT2D eigenvalue weighted by atomic mass is 9.94. The fraction of sp³-hybridized carbons (Fsp3) is 0.688. The van der Waals surface area contributed by atoms with Gasteiger partial charge in [-0.2, -0.15) is 5.21 Å². The number of fused-ring (bicyclic) bond motifs is 1. The lowest BCUT2D eigenvalue weighted by Crippen LogP contribution is -2.67. The number of allylic oxidation sites excluding steroid dienone is 1. The number of carbonyl (C=O) groups is 2. The van der Waals surface area contributed by atoms with Gasteiger partial charge in [-0.05, 0) is 39.5 Å². The minimum atomic E-state index is -0.460. The van der Waals surface area contributed by atoms with Crippen molar-refractivity contribution in [3.05, 3.63) is 17.5 Å². The third kappa shape index (κ3) is 2.84. The molecular formula is C16H22N6O2S. The van der Waals surface area contributed by atoms with Crippen LogP contribution in [0.1, 0.15) is 57.8 Å². The van der Waals surface area contributed by atoms with Gasteiger partial charge in [-0.1, -0.05) is 16.9 Å². The number of rotatable bonds is 4. The second kappa shape index (κ2) is 6.12. The van der Waals surface area contributed by atoms with E-state index in [1.165, 1.54) is 12.0 Å². The van der Waals surface area contributed by atoms with Crippen molar-refractivity contribution >= 4 is 23.6 Å². The molecule has 2 amide bonds. The Balaban J connectivity index is 1.44. The molecule has 1 aromatic heterocycles. The number of aromatic nitrogens is 4. The highest BCUT2D eigenvalue weighted by Gasteiger charge is 2.63. The van der Waals surface area contributed by atoms with E-state index in [0.29, 0.717) is 12.2 Å². The topological polar surface area (TPSA) is 104 Å². The lowest BCUT2D eigenvalue weighted by Gasteiger charge is -2.44. The number of tetrazole rings is 1. The van der Waals surface area contributed by atoms with Crippen molar-refractivity contribution < 1.29 is 9.59 Å². The van der Waals surface area contributed by atoms with E-state index in [9.17, 15) is 9.59 Å². The first-order valence-electron chi connectivity index (χ1n) is 8.68. The van der Waals surface area contributed by atoms with Crippen LogP contribution in [-0.2, 0) is 9.59 Å². The minimum absolute atomic E-state index is 0.0624. The van der Waals surface area contributed by atoms with Crippen molar-refractivity contribution in [2.45, 2.75) is 68.2 Å². The summed E-state index contributed by atoms with van der Waals surface area (Å²) in [6.07, 6.45) is 6.96. The van der Waals surface area contributed by atoms with E-state index in [1.54, 1.807) is 16.7 Å². The quantitative estimate of drug-likeness (QED) is 0.618. The van der Waals surface area contributed by atoms with Crippen LogP contribution in [0.15, 0.2) is 11.6 Å². The molecule has 2 saturated heterocycles. The molecule has 2 aliphatic heterocycles. The van der Waals surface area contributed by atoms with E-state index in [0.717, 1.165) is 19.3 Å². The molecule has 1 aliphatic carbocycles. The van der Waals surface area contributed by atoms with Crippen molar-refractivity contribution in [3.8, 4) is 0 Å². The van der Waals surface area contributed by atoms with Crippen molar-refractivity contribution in [1.82, 2.24) is 30.8 Å². The lowest BCUT2D eigenvalue weighted by molar-refractivity contribution is -0.151. The standard InChI is InChI=1S/C16H22N6O2S/c1-16(2)12(13-18-20-21-19-13)22-14(24)11(15(22)25-16)17-10(23)8-9-6-4-3-5-7-9/h6,11-12,15H,3-5,7-8H2,1-2H3,(H,17,23)(H,18,19,20,21)/t11?,12?,15-/m0/s1. The molecule has 2 unspecified atom stereocenters. The predicted molar refractivity (Wildman–Crippen MR) is 92.3 cm³/mol. The summed E-state index contributed by atoms with van der Waals surface area (Å²) in [5, 5.41) is 17.0. The highest BCUT2D eigenvalue weighted by atomic mass is 32.2. The maximum absolute atomic E-state index is 12.7. The molecule has 0 saturated carbocycles. The van der Waals surface area contributed by atoms with Gasteiger partial charge in [0.2, 0.25) is 11.8 Å². The molecule has 2 N–H and O–H groups in total. The Hall–Kier alpha value is -1.90. The number of nitrogens with one attached hydrogen (secondary N) is 2. The fourth-order valence-electron chi connectivity index (χ4n) is 3.95. The van der Waals surface area contributed by atoms with Gasteiger partial charge in [0.1, 0.15) is 17.5 Å². The SMILES string of the molecule is CC1(C)S[C@H]2C(NC(=O)CC3=CCCCC3)C(=O)N2C1c1nn[nH]n1. The smallest absolute Gasteiger partial charge is 0.249 e. The monoisotopic (exact) mass is 362 g/mol. The molecule has 8 nitrogen and oxygen atoms in total. The van der Waals surface area contributed by atoms with E-state index in [2.05, 4.69) is 45.9 Å². The van der Waals surface area contributed by atoms with Crippen LogP contribution in [0.2, 0.25) is 0 Å². The molecule has 25 heavy (non-hydrogen) atoms. The maximum Gasteiger partial charge on any atom is 0.249 e. The molecule has 2 fully saturated rings. The Morgan fingerprint density at radius 2 is 2.32 bits per heavy atom. The highest BCUT2D eigenvalue weighted by Crippen LogP contribution is 2.56. The first-order valence-corrected chi connectivity index (χ1v) is 9.56. The number of hydrogen-bond acceptors (Lipinski definition) is 6. The summed E-state index contributed by atoms with van der Waals surface area (Å²) in [7, 11) is 0. The molecule has 0 radical (unpaired) electrons. The van der Waals surface area contributed by atoms with Crippen LogP contribution < -0.4 is 5.32 Å². The zero-order valence-electron chi connectivity index (χ0n) is 14.4. The normalized spacial score (nSPS) is 30.5. The number of β-lactam (4-membered cyclic amide) rings is 1. The molecule has 3 atom stereocenters. The molecule has 1 aromatic rings. The van der Waals surface area contributed by atoms with Gasteiger partial charge >= 0.3 is 0 Å². The van der Waals surface area contributed by atoms with E-state index < -0.39 is 6.04 Å². The van der Waals surface area contributed by atoms with Crippen LogP contribution in [-0.4, -0.2) is 53.5 Å². The van der Waals surface area contributed by atoms with Gasteiger partial charge in [0.25, 0.3) is 0 Å². The Bertz CT molecular complexity index is 716. The summed E-state index contributed by atoms with van der Waals surface area (Å²) in [6, 6.07) is -0.694. The van der Waals surface area contributed by atoms with Crippen LogP contribution in [0, 0.1) is 0 Å². The van der Waals surface area contributed by atoms with Crippen LogP contribution in [0.5, 0.6) is 0 Å². The first-order chi connectivity index (χ1) is 12.0. The Labute approximate surface area is 150 Å². The number of carbonyl (C=O) groups excluding carboxylic acids is 2. The van der Waals surface area contributed by atoms with Crippen LogP contribution in [0.4, 0.5) is 0 Å². The summed E-state index contributed by atoms with van der Waals surface area (Å²) in [5.41, 5.74) is 1.19. The Morgan fingerprint density at radius 1 is 1.48 bits per heavy atom. The van der Waals surface area contributed by atoms with Gasteiger partial charge < -0.3 is 10.2 Å². The molecule has 9 heteroatoms.